The number of piperidine rings is 1. The van der Waals surface area contributed by atoms with Crippen LogP contribution in [0, 0.1) is 28.1 Å². The largest absolute Gasteiger partial charge is 0.363 e. The molecule has 15 heteroatoms. The molecule has 5 amide bonds. The first-order chi connectivity index (χ1) is 20.4. The van der Waals surface area contributed by atoms with Gasteiger partial charge in [0.1, 0.15) is 16.3 Å². The highest BCUT2D eigenvalue weighted by Gasteiger charge is 2.69. The monoisotopic (exact) mass is 668 g/mol. The normalized spacial score (nSPS) is 23.0. The molecule has 1 saturated heterocycles. The number of hydrogen-bond donors (Lipinski definition) is 4. The zero-order valence-corrected chi connectivity index (χ0v) is 29.4. The lowest BCUT2D eigenvalue weighted by molar-refractivity contribution is -0.144. The van der Waals surface area contributed by atoms with E-state index in [1.165, 1.54) is 29.2 Å². The predicted molar refractivity (Wildman–Crippen MR) is 170 cm³/mol. The van der Waals surface area contributed by atoms with Crippen LogP contribution in [0.4, 0.5) is 4.79 Å². The van der Waals surface area contributed by atoms with Crippen LogP contribution >= 0.6 is 11.3 Å². The third kappa shape index (κ3) is 7.68. The number of sulfonamides is 1. The fourth-order valence-electron chi connectivity index (χ4n) is 5.99. The summed E-state index contributed by atoms with van der Waals surface area (Å²) in [6, 6.07) is -1.23. The summed E-state index contributed by atoms with van der Waals surface area (Å²) in [5.74, 6) is -3.27. The predicted octanol–water partition coefficient (Wildman–Crippen LogP) is 1.54. The highest BCUT2D eigenvalue weighted by molar-refractivity contribution is 7.91. The number of carbonyl (C=O) groups excluding carboxylic acids is 5. The number of nitrogens with one attached hydrogen (secondary N) is 3. The van der Waals surface area contributed by atoms with Crippen LogP contribution in [0.5, 0.6) is 0 Å². The van der Waals surface area contributed by atoms with Crippen molar-refractivity contribution in [3.63, 3.8) is 0 Å². The zero-order chi connectivity index (χ0) is 34.4. The molecular weight excluding hydrogens is 620 g/mol. The molecule has 0 radical (unpaired) electrons. The molecule has 1 saturated carbocycles. The van der Waals surface area contributed by atoms with Crippen molar-refractivity contribution in [2.24, 2.45) is 33.8 Å². The smallest absolute Gasteiger partial charge is 0.315 e. The molecular formula is C30H48N6O7S2. The van der Waals surface area contributed by atoms with Crippen molar-refractivity contribution in [3.05, 3.63) is 17.5 Å². The highest BCUT2D eigenvalue weighted by atomic mass is 32.2. The van der Waals surface area contributed by atoms with Crippen LogP contribution in [-0.4, -0.2) is 91.5 Å². The Morgan fingerprint density at radius 1 is 1.07 bits per heavy atom. The molecule has 0 spiro atoms. The number of fused-ring (bicyclic) bond motifs is 1. The number of likely N-dealkylation sites (tertiary alicyclic amines) is 1. The molecule has 1 aliphatic carbocycles. The number of nitrogens with zero attached hydrogens (tertiary/aromatic N) is 2. The van der Waals surface area contributed by atoms with Gasteiger partial charge in [-0.1, -0.05) is 61.5 Å². The number of primary amides is 1. The lowest BCUT2D eigenvalue weighted by Gasteiger charge is -2.39. The Kier molecular flexibility index (Phi) is 10.2. The van der Waals surface area contributed by atoms with Crippen molar-refractivity contribution in [1.82, 2.24) is 25.2 Å². The molecule has 1 unspecified atom stereocenters. The Morgan fingerprint density at radius 3 is 2.16 bits per heavy atom. The Morgan fingerprint density at radius 2 is 1.67 bits per heavy atom. The van der Waals surface area contributed by atoms with Crippen LogP contribution < -0.4 is 21.7 Å². The summed E-state index contributed by atoms with van der Waals surface area (Å²) in [6.07, 6.45) is 0. The van der Waals surface area contributed by atoms with Gasteiger partial charge < -0.3 is 26.6 Å². The maximum absolute atomic E-state index is 14.1. The van der Waals surface area contributed by atoms with E-state index in [0.29, 0.717) is 6.54 Å². The molecule has 45 heavy (non-hydrogen) atoms. The molecule has 6 atom stereocenters. The summed E-state index contributed by atoms with van der Waals surface area (Å²) in [5.41, 5.74) is 3.56. The number of hydrogen-bond acceptors (Lipinski definition) is 8. The molecule has 5 N–H and O–H groups in total. The lowest BCUT2D eigenvalue weighted by Crippen LogP contribution is -2.62. The molecule has 2 fully saturated rings. The van der Waals surface area contributed by atoms with E-state index in [9.17, 15) is 32.4 Å². The fourth-order valence-corrected chi connectivity index (χ4v) is 8.38. The van der Waals surface area contributed by atoms with Gasteiger partial charge in [0, 0.05) is 26.2 Å². The van der Waals surface area contributed by atoms with Gasteiger partial charge in [-0.25, -0.2) is 13.2 Å². The molecule has 0 aromatic carbocycles. The summed E-state index contributed by atoms with van der Waals surface area (Å²) >= 11 is 1.11. The first kappa shape index (κ1) is 36.4. The molecule has 2 aliphatic rings. The molecule has 3 rings (SSSR count). The van der Waals surface area contributed by atoms with E-state index in [1.54, 1.807) is 32.2 Å². The average molecular weight is 669 g/mol. The van der Waals surface area contributed by atoms with Crippen LogP contribution in [0.2, 0.25) is 0 Å². The van der Waals surface area contributed by atoms with E-state index in [2.05, 4.69) is 16.0 Å². The van der Waals surface area contributed by atoms with Crippen molar-refractivity contribution >= 4 is 50.9 Å². The number of rotatable bonds is 11. The van der Waals surface area contributed by atoms with Crippen LogP contribution in [-0.2, 0) is 29.2 Å². The van der Waals surface area contributed by atoms with Gasteiger partial charge in [-0.15, -0.1) is 11.3 Å². The Bertz CT molecular complexity index is 1430. The van der Waals surface area contributed by atoms with Gasteiger partial charge in [0.05, 0.1) is 6.04 Å². The van der Waals surface area contributed by atoms with Gasteiger partial charge >= 0.3 is 6.03 Å². The lowest BCUT2D eigenvalue weighted by atomic mass is 9.85. The number of thiophene rings is 1. The molecule has 2 heterocycles. The van der Waals surface area contributed by atoms with Gasteiger partial charge in [0.15, 0.2) is 0 Å². The number of carbonyl (C=O) groups is 5. The third-order valence-corrected chi connectivity index (χ3v) is 12.3. The molecule has 1 aromatic rings. The number of ketones is 1. The van der Waals surface area contributed by atoms with E-state index < -0.39 is 74.6 Å². The maximum atomic E-state index is 14.1. The molecule has 13 nitrogen and oxygen atoms in total. The third-order valence-electron chi connectivity index (χ3n) is 9.09. The van der Waals surface area contributed by atoms with Gasteiger partial charge in [-0.2, -0.15) is 4.31 Å². The number of Topliss-reactive ketones (excluding diaryl/α,β-unsaturated/α-hetero) is 1. The summed E-state index contributed by atoms with van der Waals surface area (Å²) in [4.78, 5) is 66.0. The summed E-state index contributed by atoms with van der Waals surface area (Å²) in [5, 5.41) is 9.91. The Balaban J connectivity index is 1.81. The second-order valence-corrected chi connectivity index (χ2v) is 18.1. The minimum absolute atomic E-state index is 0.0136. The number of amides is 5. The summed E-state index contributed by atoms with van der Waals surface area (Å²) in [7, 11) is -2.31. The van der Waals surface area contributed by atoms with Crippen LogP contribution in [0.3, 0.4) is 0 Å². The van der Waals surface area contributed by atoms with Crippen molar-refractivity contribution < 1.29 is 32.4 Å². The van der Waals surface area contributed by atoms with Gasteiger partial charge in [-0.3, -0.25) is 19.2 Å². The van der Waals surface area contributed by atoms with Gasteiger partial charge in [0.25, 0.3) is 15.9 Å². The van der Waals surface area contributed by atoms with E-state index >= 15 is 0 Å². The first-order valence-corrected chi connectivity index (χ1v) is 17.3. The van der Waals surface area contributed by atoms with E-state index in [4.69, 9.17) is 5.73 Å². The van der Waals surface area contributed by atoms with Gasteiger partial charge in [-0.05, 0) is 46.5 Å². The van der Waals surface area contributed by atoms with Crippen molar-refractivity contribution in [3.8, 4) is 0 Å². The zero-order valence-electron chi connectivity index (χ0n) is 27.8. The minimum atomic E-state index is -3.77. The second-order valence-electron chi connectivity index (χ2n) is 14.9. The van der Waals surface area contributed by atoms with Crippen LogP contribution in [0.1, 0.15) is 62.3 Å². The Labute approximate surface area is 270 Å². The van der Waals surface area contributed by atoms with Crippen LogP contribution in [0.15, 0.2) is 21.7 Å². The fraction of sp³-hybridized carbons (Fsp3) is 0.700. The SMILES string of the molecule is CC(NC(=O)[C@@H]1[C@@H]2[C@H](CN1C(=O)[C@@H](NC(=O)N[C@H](CN(C)S(=O)(=O)c1cccs1)C(C)(C)C)C(C)(C)C)C2(C)C)C(=O)C(N)=O. The van der Waals surface area contributed by atoms with Crippen molar-refractivity contribution in [2.75, 3.05) is 20.1 Å². The molecule has 252 valence electrons. The van der Waals surface area contributed by atoms with Gasteiger partial charge in [0.2, 0.25) is 17.6 Å². The van der Waals surface area contributed by atoms with Crippen molar-refractivity contribution in [1.29, 1.82) is 0 Å². The van der Waals surface area contributed by atoms with Crippen LogP contribution in [0.25, 0.3) is 0 Å². The maximum Gasteiger partial charge on any atom is 0.315 e. The average Bonchev–Trinajstić information content (AvgIpc) is 3.36. The van der Waals surface area contributed by atoms with E-state index in [0.717, 1.165) is 11.3 Å². The quantitative estimate of drug-likeness (QED) is 0.257. The topological polar surface area (TPSA) is 188 Å². The first-order valence-electron chi connectivity index (χ1n) is 14.9. The van der Waals surface area contributed by atoms with Crippen molar-refractivity contribution in [2.45, 2.75) is 90.7 Å². The molecule has 0 bridgehead atoms. The number of likely N-dealkylation sites (N-methyl/N-ethyl adjacent to an activating group) is 1. The number of urea groups is 1. The minimum Gasteiger partial charge on any atom is -0.363 e. The summed E-state index contributed by atoms with van der Waals surface area (Å²) < 4.78 is 27.5. The molecule has 1 aromatic heterocycles. The second kappa shape index (κ2) is 12.6. The summed E-state index contributed by atoms with van der Waals surface area (Å²) in [6.45, 7) is 16.7. The number of nitrogens with two attached hydrogens (primary N) is 1. The molecule has 1 aliphatic heterocycles. The van der Waals surface area contributed by atoms with E-state index in [1.807, 2.05) is 34.6 Å². The Hall–Kier alpha value is -3.04. The van der Waals surface area contributed by atoms with E-state index in [-0.39, 0.29) is 28.0 Å². The highest BCUT2D eigenvalue weighted by Crippen LogP contribution is 2.65. The standard InChI is InChI=1S/C30H48N6O7S2/c1-16(22(37)24(31)38)32-25(39)21-20-17(30(20,8)9)14-36(21)26(40)23(29(5,6)7)34-27(41)33-18(28(2,3)4)15-35(10)45(42,43)19-12-11-13-44-19/h11-13,16-18,20-21,23H,14-15H2,1-10H3,(H2,31,38)(H,32,39)(H2,33,34,41)/t16?,17-,18+,20-,21-,23+/m0/s1.